The lowest BCUT2D eigenvalue weighted by atomic mass is 10.1. The molecule has 0 aliphatic carbocycles. The smallest absolute Gasteiger partial charge is 0.242 e. The second-order valence-electron chi connectivity index (χ2n) is 6.85. The van der Waals surface area contributed by atoms with Crippen LogP contribution >= 0.6 is 0 Å². The Balaban J connectivity index is 1.81. The quantitative estimate of drug-likeness (QED) is 0.789. The van der Waals surface area contributed by atoms with Crippen LogP contribution in [0.3, 0.4) is 0 Å². The van der Waals surface area contributed by atoms with E-state index in [4.69, 9.17) is 4.74 Å². The van der Waals surface area contributed by atoms with Crippen LogP contribution in [0.4, 0.5) is 5.69 Å². The second kappa shape index (κ2) is 7.32. The van der Waals surface area contributed by atoms with Gasteiger partial charge in [0.25, 0.3) is 0 Å². The maximum absolute atomic E-state index is 12.8. The summed E-state index contributed by atoms with van der Waals surface area (Å²) >= 11 is 0. The molecule has 0 fully saturated rings. The molecule has 27 heavy (non-hydrogen) atoms. The number of rotatable bonds is 5. The number of nitrogens with zero attached hydrogens (tertiary/aromatic N) is 2. The Bertz CT molecular complexity index is 983. The molecule has 1 aliphatic rings. The van der Waals surface area contributed by atoms with Crippen molar-refractivity contribution in [2.24, 2.45) is 0 Å². The molecule has 1 amide bonds. The minimum atomic E-state index is -3.48. The zero-order chi connectivity index (χ0) is 19.8. The number of sulfonamides is 1. The van der Waals surface area contributed by atoms with Crippen LogP contribution in [0.2, 0.25) is 0 Å². The van der Waals surface area contributed by atoms with E-state index in [0.717, 1.165) is 28.1 Å². The van der Waals surface area contributed by atoms with E-state index in [9.17, 15) is 13.2 Å². The zero-order valence-corrected chi connectivity index (χ0v) is 16.8. The van der Waals surface area contributed by atoms with E-state index < -0.39 is 10.0 Å². The molecule has 6 nitrogen and oxygen atoms in total. The van der Waals surface area contributed by atoms with Gasteiger partial charge in [0.15, 0.2) is 0 Å². The standard InChI is InChI=1S/C20H24N2O4S/c1-14-11-15(5-8-19(14)26-4)12-20(23)22-10-9-16-13-17(6-7-18(16)22)27(24,25)21(2)3/h5-8,11,13H,9-10,12H2,1-4H3. The minimum Gasteiger partial charge on any atom is -0.496 e. The molecule has 144 valence electrons. The fraction of sp³-hybridized carbons (Fsp3) is 0.350. The molecule has 3 rings (SSSR count). The molecular formula is C20H24N2O4S. The fourth-order valence-electron chi connectivity index (χ4n) is 3.33. The molecule has 2 aromatic rings. The van der Waals surface area contributed by atoms with Crippen LogP contribution in [-0.4, -0.2) is 46.4 Å². The van der Waals surface area contributed by atoms with E-state index in [0.29, 0.717) is 19.4 Å². The van der Waals surface area contributed by atoms with E-state index in [1.165, 1.54) is 18.4 Å². The van der Waals surface area contributed by atoms with E-state index in [1.807, 2.05) is 25.1 Å². The molecule has 0 unspecified atom stereocenters. The number of anilines is 1. The summed E-state index contributed by atoms with van der Waals surface area (Å²) in [7, 11) is 1.16. The third kappa shape index (κ3) is 3.70. The summed E-state index contributed by atoms with van der Waals surface area (Å²) in [6, 6.07) is 10.7. The van der Waals surface area contributed by atoms with Crippen molar-refractivity contribution < 1.29 is 17.9 Å². The Morgan fingerprint density at radius 1 is 1.19 bits per heavy atom. The molecule has 0 radical (unpaired) electrons. The summed E-state index contributed by atoms with van der Waals surface area (Å²) < 4.78 is 31.1. The van der Waals surface area contributed by atoms with Gasteiger partial charge in [-0.2, -0.15) is 0 Å². The number of ether oxygens (including phenoxy) is 1. The van der Waals surface area contributed by atoms with Crippen LogP contribution in [-0.2, 0) is 27.7 Å². The predicted molar refractivity (Wildman–Crippen MR) is 105 cm³/mol. The molecular weight excluding hydrogens is 364 g/mol. The summed E-state index contributed by atoms with van der Waals surface area (Å²) in [6.45, 7) is 2.51. The van der Waals surface area contributed by atoms with Crippen molar-refractivity contribution in [3.63, 3.8) is 0 Å². The van der Waals surface area contributed by atoms with Crippen molar-refractivity contribution in [2.45, 2.75) is 24.7 Å². The average Bonchev–Trinajstić information content (AvgIpc) is 3.05. The van der Waals surface area contributed by atoms with Gasteiger partial charge < -0.3 is 9.64 Å². The van der Waals surface area contributed by atoms with Gasteiger partial charge in [0, 0.05) is 26.3 Å². The van der Waals surface area contributed by atoms with Gasteiger partial charge in [-0.15, -0.1) is 0 Å². The van der Waals surface area contributed by atoms with Gasteiger partial charge in [0.2, 0.25) is 15.9 Å². The van der Waals surface area contributed by atoms with Crippen molar-refractivity contribution in [3.8, 4) is 5.75 Å². The van der Waals surface area contributed by atoms with Crippen LogP contribution in [0.5, 0.6) is 5.75 Å². The van der Waals surface area contributed by atoms with Gasteiger partial charge in [-0.05, 0) is 54.3 Å². The van der Waals surface area contributed by atoms with Gasteiger partial charge in [-0.1, -0.05) is 12.1 Å². The normalized spacial score (nSPS) is 13.7. The number of carbonyl (C=O) groups excluding carboxylic acids is 1. The van der Waals surface area contributed by atoms with Gasteiger partial charge in [-0.25, -0.2) is 12.7 Å². The molecule has 0 bridgehead atoms. The molecule has 0 aromatic heterocycles. The molecule has 0 atom stereocenters. The molecule has 0 N–H and O–H groups in total. The van der Waals surface area contributed by atoms with E-state index in [2.05, 4.69) is 0 Å². The van der Waals surface area contributed by atoms with Gasteiger partial charge in [0.05, 0.1) is 18.4 Å². The monoisotopic (exact) mass is 388 g/mol. The van der Waals surface area contributed by atoms with Gasteiger partial charge in [-0.3, -0.25) is 4.79 Å². The summed E-state index contributed by atoms with van der Waals surface area (Å²) in [4.78, 5) is 14.8. The largest absolute Gasteiger partial charge is 0.496 e. The zero-order valence-electron chi connectivity index (χ0n) is 16.0. The lowest BCUT2D eigenvalue weighted by Gasteiger charge is -2.18. The Kier molecular flexibility index (Phi) is 5.26. The Morgan fingerprint density at radius 2 is 1.93 bits per heavy atom. The van der Waals surface area contributed by atoms with E-state index >= 15 is 0 Å². The third-order valence-electron chi connectivity index (χ3n) is 4.84. The highest BCUT2D eigenvalue weighted by atomic mass is 32.2. The highest BCUT2D eigenvalue weighted by Gasteiger charge is 2.27. The van der Waals surface area contributed by atoms with Gasteiger partial charge >= 0.3 is 0 Å². The first-order valence-corrected chi connectivity index (χ1v) is 10.2. The average molecular weight is 388 g/mol. The molecule has 1 aliphatic heterocycles. The van der Waals surface area contributed by atoms with Crippen molar-refractivity contribution in [2.75, 3.05) is 32.6 Å². The fourth-order valence-corrected chi connectivity index (χ4v) is 4.28. The Hall–Kier alpha value is -2.38. The highest BCUT2D eigenvalue weighted by Crippen LogP contribution is 2.31. The highest BCUT2D eigenvalue weighted by molar-refractivity contribution is 7.89. The van der Waals surface area contributed by atoms with Crippen molar-refractivity contribution >= 4 is 21.6 Å². The predicted octanol–water partition coefficient (Wildman–Crippen LogP) is 2.39. The maximum Gasteiger partial charge on any atom is 0.242 e. The van der Waals surface area contributed by atoms with Crippen LogP contribution in [0.25, 0.3) is 0 Å². The molecule has 1 heterocycles. The van der Waals surface area contributed by atoms with E-state index in [-0.39, 0.29) is 10.8 Å². The van der Waals surface area contributed by atoms with Crippen LogP contribution in [0.15, 0.2) is 41.3 Å². The number of benzene rings is 2. The van der Waals surface area contributed by atoms with Crippen LogP contribution in [0, 0.1) is 6.92 Å². The van der Waals surface area contributed by atoms with Crippen molar-refractivity contribution in [1.29, 1.82) is 0 Å². The SMILES string of the molecule is COc1ccc(CC(=O)N2CCc3cc(S(=O)(=O)N(C)C)ccc32)cc1C. The number of methoxy groups -OCH3 is 1. The van der Waals surface area contributed by atoms with Crippen molar-refractivity contribution in [3.05, 3.63) is 53.1 Å². The summed E-state index contributed by atoms with van der Waals surface area (Å²) in [5, 5.41) is 0. The van der Waals surface area contributed by atoms with Gasteiger partial charge in [0.1, 0.15) is 5.75 Å². The number of hydrogen-bond donors (Lipinski definition) is 0. The number of amides is 1. The van der Waals surface area contributed by atoms with E-state index in [1.54, 1.807) is 30.2 Å². The summed E-state index contributed by atoms with van der Waals surface area (Å²) in [5.74, 6) is 0.800. The van der Waals surface area contributed by atoms with Crippen molar-refractivity contribution in [1.82, 2.24) is 4.31 Å². The second-order valence-corrected chi connectivity index (χ2v) is 9.01. The lowest BCUT2D eigenvalue weighted by Crippen LogP contribution is -2.30. The van der Waals surface area contributed by atoms with Crippen LogP contribution < -0.4 is 9.64 Å². The Morgan fingerprint density at radius 3 is 2.56 bits per heavy atom. The minimum absolute atomic E-state index is 0.00142. The molecule has 0 saturated heterocycles. The molecule has 2 aromatic carbocycles. The number of aryl methyl sites for hydroxylation is 1. The third-order valence-corrected chi connectivity index (χ3v) is 6.65. The summed E-state index contributed by atoms with van der Waals surface area (Å²) in [6.07, 6.45) is 0.946. The lowest BCUT2D eigenvalue weighted by molar-refractivity contribution is -0.117. The number of fused-ring (bicyclic) bond motifs is 1. The first-order chi connectivity index (χ1) is 12.7. The molecule has 0 spiro atoms. The maximum atomic E-state index is 12.8. The first-order valence-electron chi connectivity index (χ1n) is 8.73. The number of hydrogen-bond acceptors (Lipinski definition) is 4. The Labute approximate surface area is 160 Å². The first kappa shape index (κ1) is 19.4. The summed E-state index contributed by atoms with van der Waals surface area (Å²) in [5.41, 5.74) is 3.60. The topological polar surface area (TPSA) is 66.9 Å². The molecule has 0 saturated carbocycles. The number of carbonyl (C=O) groups is 1. The van der Waals surface area contributed by atoms with Crippen LogP contribution in [0.1, 0.15) is 16.7 Å². The molecule has 7 heteroatoms.